The summed E-state index contributed by atoms with van der Waals surface area (Å²) in [6, 6.07) is 4.36. The van der Waals surface area contributed by atoms with Crippen LogP contribution in [0.15, 0.2) is 18.2 Å². The minimum absolute atomic E-state index is 0. The molecule has 1 unspecified atom stereocenters. The van der Waals surface area contributed by atoms with E-state index in [2.05, 4.69) is 10.6 Å². The van der Waals surface area contributed by atoms with Crippen molar-refractivity contribution in [2.75, 3.05) is 19.7 Å². The Morgan fingerprint density at radius 3 is 2.71 bits per heavy atom. The average Bonchev–Trinajstić information content (AvgIpc) is 3.05. The molecule has 1 atom stereocenters. The number of hydrogen-bond acceptors (Lipinski definition) is 6. The monoisotopic (exact) mass is 452 g/mol. The number of nitrogens with zero attached hydrogens (tertiary/aromatic N) is 1. The molecule has 31 heavy (non-hydrogen) atoms. The van der Waals surface area contributed by atoms with Crippen molar-refractivity contribution in [2.45, 2.75) is 51.1 Å². The lowest BCUT2D eigenvalue weighted by Crippen LogP contribution is -2.52. The van der Waals surface area contributed by atoms with Crippen molar-refractivity contribution in [3.05, 3.63) is 29.3 Å². The van der Waals surface area contributed by atoms with E-state index in [4.69, 9.17) is 10.5 Å². The number of unbranched alkanes of at least 4 members (excludes halogenated alkanes) is 3. The van der Waals surface area contributed by atoms with Gasteiger partial charge < -0.3 is 20.7 Å². The number of imide groups is 1. The summed E-state index contributed by atoms with van der Waals surface area (Å²) in [5.74, 6) is -0.702. The summed E-state index contributed by atoms with van der Waals surface area (Å²) in [7, 11) is 0. The zero-order valence-corrected chi connectivity index (χ0v) is 18.2. The first-order valence-corrected chi connectivity index (χ1v) is 10.4. The van der Waals surface area contributed by atoms with Gasteiger partial charge in [0.25, 0.3) is 11.8 Å². The number of hydrogen-bond donors (Lipinski definition) is 3. The maximum atomic E-state index is 12.7. The molecule has 0 radical (unpaired) electrons. The Labute approximate surface area is 187 Å². The van der Waals surface area contributed by atoms with Crippen LogP contribution in [0.2, 0.25) is 0 Å². The van der Waals surface area contributed by atoms with E-state index in [1.54, 1.807) is 18.2 Å². The minimum atomic E-state index is -0.650. The molecule has 9 nitrogen and oxygen atoms in total. The lowest BCUT2D eigenvalue weighted by atomic mass is 10.0. The molecule has 1 aromatic rings. The van der Waals surface area contributed by atoms with E-state index in [0.717, 1.165) is 31.2 Å². The number of fused-ring (bicyclic) bond motifs is 1. The molecule has 1 saturated heterocycles. The van der Waals surface area contributed by atoms with E-state index in [-0.39, 0.29) is 49.7 Å². The third-order valence-corrected chi connectivity index (χ3v) is 5.32. The number of rotatable bonds is 10. The molecule has 0 bridgehead atoms. The van der Waals surface area contributed by atoms with Crippen LogP contribution in [-0.2, 0) is 20.9 Å². The lowest BCUT2D eigenvalue weighted by Gasteiger charge is -2.29. The van der Waals surface area contributed by atoms with E-state index >= 15 is 0 Å². The number of piperidine rings is 1. The zero-order valence-electron chi connectivity index (χ0n) is 17.4. The lowest BCUT2D eigenvalue weighted by molar-refractivity contribution is -0.137. The molecule has 0 saturated carbocycles. The Hall–Kier alpha value is -2.65. The van der Waals surface area contributed by atoms with Gasteiger partial charge in [-0.05, 0) is 49.6 Å². The van der Waals surface area contributed by atoms with Gasteiger partial charge in [0.2, 0.25) is 11.8 Å². The van der Waals surface area contributed by atoms with Crippen molar-refractivity contribution in [1.29, 1.82) is 0 Å². The van der Waals surface area contributed by atoms with Crippen molar-refractivity contribution in [3.8, 4) is 5.75 Å². The molecule has 2 aliphatic heterocycles. The summed E-state index contributed by atoms with van der Waals surface area (Å²) < 4.78 is 5.56. The highest BCUT2D eigenvalue weighted by Gasteiger charge is 2.39. The average molecular weight is 453 g/mol. The van der Waals surface area contributed by atoms with Gasteiger partial charge in [-0.3, -0.25) is 24.5 Å². The molecule has 1 aromatic carbocycles. The topological polar surface area (TPSA) is 131 Å². The normalized spacial score (nSPS) is 17.6. The molecule has 4 N–H and O–H groups in total. The second-order valence-corrected chi connectivity index (χ2v) is 7.56. The minimum Gasteiger partial charge on any atom is -0.484 e. The summed E-state index contributed by atoms with van der Waals surface area (Å²) in [6.07, 6.45) is 4.53. The zero-order chi connectivity index (χ0) is 21.5. The molecular weight excluding hydrogens is 424 g/mol. The van der Waals surface area contributed by atoms with Crippen molar-refractivity contribution in [3.63, 3.8) is 0 Å². The second kappa shape index (κ2) is 11.7. The van der Waals surface area contributed by atoms with E-state index in [0.29, 0.717) is 30.8 Å². The summed E-state index contributed by atoms with van der Waals surface area (Å²) in [4.78, 5) is 49.5. The largest absolute Gasteiger partial charge is 0.484 e. The van der Waals surface area contributed by atoms with Gasteiger partial charge >= 0.3 is 0 Å². The molecule has 10 heteroatoms. The predicted octanol–water partition coefficient (Wildman–Crippen LogP) is 0.883. The van der Waals surface area contributed by atoms with Gasteiger partial charge in [-0.1, -0.05) is 12.8 Å². The number of amides is 4. The first-order chi connectivity index (χ1) is 14.5. The fraction of sp³-hybridized carbons (Fsp3) is 0.524. The summed E-state index contributed by atoms with van der Waals surface area (Å²) in [5.41, 5.74) is 6.69. The summed E-state index contributed by atoms with van der Waals surface area (Å²) in [5, 5.41) is 5.10. The van der Waals surface area contributed by atoms with Gasteiger partial charge in [0.15, 0.2) is 6.61 Å². The van der Waals surface area contributed by atoms with Crippen LogP contribution in [0, 0.1) is 0 Å². The van der Waals surface area contributed by atoms with Gasteiger partial charge in [-0.2, -0.15) is 0 Å². The van der Waals surface area contributed by atoms with Gasteiger partial charge in [0, 0.05) is 25.1 Å². The van der Waals surface area contributed by atoms with Crippen LogP contribution in [0.5, 0.6) is 5.75 Å². The van der Waals surface area contributed by atoms with Gasteiger partial charge in [-0.25, -0.2) is 0 Å². The molecule has 0 aliphatic carbocycles. The third-order valence-electron chi connectivity index (χ3n) is 5.32. The number of carbonyl (C=O) groups is 4. The Morgan fingerprint density at radius 2 is 1.97 bits per heavy atom. The predicted molar refractivity (Wildman–Crippen MR) is 116 cm³/mol. The Morgan fingerprint density at radius 1 is 1.19 bits per heavy atom. The molecule has 170 valence electrons. The van der Waals surface area contributed by atoms with E-state index < -0.39 is 11.9 Å². The number of benzene rings is 1. The fourth-order valence-corrected chi connectivity index (χ4v) is 3.69. The molecule has 3 rings (SSSR count). The maximum Gasteiger partial charge on any atom is 0.257 e. The van der Waals surface area contributed by atoms with Crippen LogP contribution in [0.1, 0.15) is 54.4 Å². The van der Waals surface area contributed by atoms with E-state index in [1.165, 1.54) is 4.90 Å². The standard InChI is InChI=1S/C21H28N4O5.ClH/c22-9-3-1-2-4-10-23-19(27)13-30-15-5-6-16-14(11-15)12-25(21(16)29)17-7-8-18(26)24-20(17)28;/h5-6,11,17H,1-4,7-10,12-13,22H2,(H,23,27)(H,24,26,28);1H. The van der Waals surface area contributed by atoms with Gasteiger partial charge in [-0.15, -0.1) is 12.4 Å². The first-order valence-electron chi connectivity index (χ1n) is 10.4. The van der Waals surface area contributed by atoms with Crippen molar-refractivity contribution in [2.24, 2.45) is 5.73 Å². The van der Waals surface area contributed by atoms with Crippen LogP contribution < -0.4 is 21.1 Å². The fourth-order valence-electron chi connectivity index (χ4n) is 3.69. The number of halogens is 1. The van der Waals surface area contributed by atoms with Crippen molar-refractivity contribution < 1.29 is 23.9 Å². The highest BCUT2D eigenvalue weighted by atomic mass is 35.5. The van der Waals surface area contributed by atoms with E-state index in [9.17, 15) is 19.2 Å². The van der Waals surface area contributed by atoms with Crippen molar-refractivity contribution in [1.82, 2.24) is 15.5 Å². The highest BCUT2D eigenvalue weighted by Crippen LogP contribution is 2.30. The Kier molecular flexibility index (Phi) is 9.26. The molecule has 2 aliphatic rings. The highest BCUT2D eigenvalue weighted by molar-refractivity contribution is 6.05. The summed E-state index contributed by atoms with van der Waals surface area (Å²) >= 11 is 0. The van der Waals surface area contributed by atoms with Crippen molar-refractivity contribution >= 4 is 36.0 Å². The van der Waals surface area contributed by atoms with Crippen LogP contribution in [0.3, 0.4) is 0 Å². The van der Waals surface area contributed by atoms with Crippen LogP contribution in [0.25, 0.3) is 0 Å². The SMILES string of the molecule is Cl.NCCCCCCNC(=O)COc1ccc2c(c1)CN(C1CCC(=O)NC1=O)C2=O. The van der Waals surface area contributed by atoms with E-state index in [1.807, 2.05) is 0 Å². The number of nitrogens with two attached hydrogens (primary N) is 1. The van der Waals surface area contributed by atoms with Crippen LogP contribution in [-0.4, -0.2) is 54.3 Å². The maximum absolute atomic E-state index is 12.7. The number of nitrogens with one attached hydrogen (secondary N) is 2. The Balaban J connectivity index is 0.00000341. The van der Waals surface area contributed by atoms with Crippen LogP contribution >= 0.6 is 12.4 Å². The molecule has 1 fully saturated rings. The van der Waals surface area contributed by atoms with Gasteiger partial charge in [0.1, 0.15) is 11.8 Å². The third kappa shape index (κ3) is 6.41. The Bertz CT molecular complexity index is 832. The molecule has 2 heterocycles. The van der Waals surface area contributed by atoms with Gasteiger partial charge in [0.05, 0.1) is 0 Å². The second-order valence-electron chi connectivity index (χ2n) is 7.56. The molecular formula is C21H29ClN4O5. The van der Waals surface area contributed by atoms with Crippen LogP contribution in [0.4, 0.5) is 0 Å². The quantitative estimate of drug-likeness (QED) is 0.357. The summed E-state index contributed by atoms with van der Waals surface area (Å²) in [6.45, 7) is 1.46. The molecule has 0 spiro atoms. The molecule has 4 amide bonds. The first kappa shape index (κ1) is 24.6. The molecule has 0 aromatic heterocycles. The number of ether oxygens (including phenoxy) is 1. The smallest absolute Gasteiger partial charge is 0.257 e. The number of carbonyl (C=O) groups excluding carboxylic acids is 4.